The number of nitrogens with zero attached hydrogens (tertiary/aromatic N) is 2. The average Bonchev–Trinajstić information content (AvgIpc) is 2.60. The SMILES string of the molecule is Cc1c(C(=N)N)cnn1-c1cccc(F)c1. The first-order valence-electron chi connectivity index (χ1n) is 4.74. The lowest BCUT2D eigenvalue weighted by Crippen LogP contribution is -2.12. The van der Waals surface area contributed by atoms with Crippen LogP contribution in [0.4, 0.5) is 4.39 Å². The fourth-order valence-electron chi connectivity index (χ4n) is 1.54. The number of amidine groups is 1. The molecule has 1 heterocycles. The zero-order chi connectivity index (χ0) is 11.7. The van der Waals surface area contributed by atoms with Crippen LogP contribution in [0.2, 0.25) is 0 Å². The van der Waals surface area contributed by atoms with Crippen molar-refractivity contribution < 1.29 is 4.39 Å². The van der Waals surface area contributed by atoms with Gasteiger partial charge in [0.25, 0.3) is 0 Å². The molecule has 0 radical (unpaired) electrons. The van der Waals surface area contributed by atoms with Gasteiger partial charge in [0.05, 0.1) is 23.1 Å². The number of hydrogen-bond donors (Lipinski definition) is 2. The standard InChI is InChI=1S/C11H11FN4/c1-7-10(11(13)14)6-15-16(7)9-4-2-3-8(12)5-9/h2-6H,1H3,(H3,13,14). The van der Waals surface area contributed by atoms with Crippen LogP contribution < -0.4 is 5.73 Å². The molecule has 1 aromatic heterocycles. The van der Waals surface area contributed by atoms with Crippen LogP contribution in [-0.2, 0) is 0 Å². The fourth-order valence-corrected chi connectivity index (χ4v) is 1.54. The van der Waals surface area contributed by atoms with Crippen molar-refractivity contribution in [3.8, 4) is 5.69 Å². The van der Waals surface area contributed by atoms with E-state index in [-0.39, 0.29) is 11.7 Å². The lowest BCUT2D eigenvalue weighted by molar-refractivity contribution is 0.625. The Morgan fingerprint density at radius 1 is 1.50 bits per heavy atom. The molecule has 1 aromatic carbocycles. The molecule has 0 amide bonds. The molecule has 0 aliphatic rings. The van der Waals surface area contributed by atoms with E-state index in [1.54, 1.807) is 23.7 Å². The van der Waals surface area contributed by atoms with Crippen LogP contribution in [0.1, 0.15) is 11.3 Å². The third-order valence-corrected chi connectivity index (χ3v) is 2.35. The molecular formula is C11H11FN4. The van der Waals surface area contributed by atoms with Crippen LogP contribution in [0.25, 0.3) is 5.69 Å². The van der Waals surface area contributed by atoms with Gasteiger partial charge in [0.15, 0.2) is 0 Å². The van der Waals surface area contributed by atoms with Crippen LogP contribution in [0.15, 0.2) is 30.5 Å². The van der Waals surface area contributed by atoms with E-state index >= 15 is 0 Å². The van der Waals surface area contributed by atoms with Crippen LogP contribution in [-0.4, -0.2) is 15.6 Å². The van der Waals surface area contributed by atoms with Crippen molar-refractivity contribution in [1.82, 2.24) is 9.78 Å². The second-order valence-electron chi connectivity index (χ2n) is 3.45. The lowest BCUT2D eigenvalue weighted by Gasteiger charge is -2.04. The molecule has 16 heavy (non-hydrogen) atoms. The molecule has 0 bridgehead atoms. The monoisotopic (exact) mass is 218 g/mol. The highest BCUT2D eigenvalue weighted by Gasteiger charge is 2.10. The molecular weight excluding hydrogens is 207 g/mol. The Kier molecular flexibility index (Phi) is 2.44. The van der Waals surface area contributed by atoms with E-state index in [1.807, 2.05) is 0 Å². The second-order valence-corrected chi connectivity index (χ2v) is 3.45. The van der Waals surface area contributed by atoms with Gasteiger partial charge in [0.2, 0.25) is 0 Å². The lowest BCUT2D eigenvalue weighted by atomic mass is 10.2. The van der Waals surface area contributed by atoms with Gasteiger partial charge in [-0.1, -0.05) is 6.07 Å². The van der Waals surface area contributed by atoms with Gasteiger partial charge < -0.3 is 5.73 Å². The van der Waals surface area contributed by atoms with Gasteiger partial charge in [-0.05, 0) is 25.1 Å². The first-order chi connectivity index (χ1) is 7.59. The van der Waals surface area contributed by atoms with E-state index in [0.29, 0.717) is 11.3 Å². The van der Waals surface area contributed by atoms with E-state index in [2.05, 4.69) is 5.10 Å². The van der Waals surface area contributed by atoms with Gasteiger partial charge in [0, 0.05) is 0 Å². The highest BCUT2D eigenvalue weighted by molar-refractivity contribution is 5.95. The number of benzene rings is 1. The van der Waals surface area contributed by atoms with Gasteiger partial charge in [0.1, 0.15) is 11.7 Å². The van der Waals surface area contributed by atoms with Crippen molar-refractivity contribution in [2.75, 3.05) is 0 Å². The summed E-state index contributed by atoms with van der Waals surface area (Å²) in [7, 11) is 0. The summed E-state index contributed by atoms with van der Waals surface area (Å²) >= 11 is 0. The van der Waals surface area contributed by atoms with Gasteiger partial charge in [-0.25, -0.2) is 9.07 Å². The third-order valence-electron chi connectivity index (χ3n) is 2.35. The summed E-state index contributed by atoms with van der Waals surface area (Å²) in [6, 6.07) is 6.10. The Morgan fingerprint density at radius 2 is 2.25 bits per heavy atom. The smallest absolute Gasteiger partial charge is 0.126 e. The maximum atomic E-state index is 13.0. The summed E-state index contributed by atoms with van der Waals surface area (Å²) < 4.78 is 14.6. The van der Waals surface area contributed by atoms with Crippen molar-refractivity contribution in [3.05, 3.63) is 47.5 Å². The van der Waals surface area contributed by atoms with E-state index in [1.165, 1.54) is 18.3 Å². The van der Waals surface area contributed by atoms with Crippen LogP contribution in [0, 0.1) is 18.2 Å². The molecule has 0 aliphatic heterocycles. The Labute approximate surface area is 92.0 Å². The summed E-state index contributed by atoms with van der Waals surface area (Å²) in [6.45, 7) is 1.79. The Morgan fingerprint density at radius 3 is 2.81 bits per heavy atom. The van der Waals surface area contributed by atoms with E-state index in [4.69, 9.17) is 11.1 Å². The zero-order valence-corrected chi connectivity index (χ0v) is 8.74. The highest BCUT2D eigenvalue weighted by atomic mass is 19.1. The molecule has 0 atom stereocenters. The minimum Gasteiger partial charge on any atom is -0.384 e. The van der Waals surface area contributed by atoms with E-state index < -0.39 is 0 Å². The van der Waals surface area contributed by atoms with Gasteiger partial charge >= 0.3 is 0 Å². The molecule has 0 unspecified atom stereocenters. The van der Waals surface area contributed by atoms with Crippen molar-refractivity contribution in [3.63, 3.8) is 0 Å². The molecule has 0 fully saturated rings. The molecule has 4 nitrogen and oxygen atoms in total. The van der Waals surface area contributed by atoms with Crippen molar-refractivity contribution >= 4 is 5.84 Å². The maximum Gasteiger partial charge on any atom is 0.126 e. The van der Waals surface area contributed by atoms with Gasteiger partial charge in [-0.2, -0.15) is 5.10 Å². The minimum absolute atomic E-state index is 0.0415. The first kappa shape index (κ1) is 10.4. The number of aromatic nitrogens is 2. The first-order valence-corrected chi connectivity index (χ1v) is 4.74. The fraction of sp³-hybridized carbons (Fsp3) is 0.0909. The maximum absolute atomic E-state index is 13.0. The predicted octanol–water partition coefficient (Wildman–Crippen LogP) is 1.60. The number of nitrogens with two attached hydrogens (primary N) is 1. The Bertz CT molecular complexity index is 545. The van der Waals surface area contributed by atoms with Crippen LogP contribution in [0.3, 0.4) is 0 Å². The normalized spacial score (nSPS) is 10.4. The van der Waals surface area contributed by atoms with Crippen LogP contribution in [0.5, 0.6) is 0 Å². The molecule has 0 saturated heterocycles. The molecule has 0 aliphatic carbocycles. The number of rotatable bonds is 2. The summed E-state index contributed by atoms with van der Waals surface area (Å²) in [5.41, 5.74) is 7.29. The Balaban J connectivity index is 2.53. The van der Waals surface area contributed by atoms with E-state index in [9.17, 15) is 4.39 Å². The van der Waals surface area contributed by atoms with Crippen molar-refractivity contribution in [2.24, 2.45) is 5.73 Å². The van der Waals surface area contributed by atoms with Gasteiger partial charge in [-0.3, -0.25) is 5.41 Å². The quantitative estimate of drug-likeness (QED) is 0.594. The Hall–Kier alpha value is -2.17. The molecule has 0 spiro atoms. The summed E-state index contributed by atoms with van der Waals surface area (Å²) in [4.78, 5) is 0. The number of hydrogen-bond acceptors (Lipinski definition) is 2. The van der Waals surface area contributed by atoms with Crippen LogP contribution >= 0.6 is 0 Å². The number of nitrogens with one attached hydrogen (secondary N) is 1. The minimum atomic E-state index is -0.322. The molecule has 2 rings (SSSR count). The molecule has 0 saturated carbocycles. The summed E-state index contributed by atoms with van der Waals surface area (Å²) in [5, 5.41) is 11.4. The van der Waals surface area contributed by atoms with E-state index in [0.717, 1.165) is 5.69 Å². The van der Waals surface area contributed by atoms with Crippen molar-refractivity contribution in [1.29, 1.82) is 5.41 Å². The zero-order valence-electron chi connectivity index (χ0n) is 8.74. The molecule has 82 valence electrons. The molecule has 5 heteroatoms. The molecule has 3 N–H and O–H groups in total. The summed E-state index contributed by atoms with van der Waals surface area (Å²) in [5.74, 6) is -0.364. The third kappa shape index (κ3) is 1.67. The molecule has 2 aromatic rings. The second kappa shape index (κ2) is 3.77. The average molecular weight is 218 g/mol. The largest absolute Gasteiger partial charge is 0.384 e. The van der Waals surface area contributed by atoms with Crippen molar-refractivity contribution in [2.45, 2.75) is 6.92 Å². The van der Waals surface area contributed by atoms with Gasteiger partial charge in [-0.15, -0.1) is 0 Å². The summed E-state index contributed by atoms with van der Waals surface area (Å²) in [6.07, 6.45) is 1.50. The number of halogens is 1. The highest BCUT2D eigenvalue weighted by Crippen LogP contribution is 2.14. The number of nitrogen functional groups attached to an aromatic ring is 1. The predicted molar refractivity (Wildman–Crippen MR) is 59.3 cm³/mol. The topological polar surface area (TPSA) is 67.7 Å².